The lowest BCUT2D eigenvalue weighted by Crippen LogP contribution is -1.97. The molecule has 3 nitrogen and oxygen atoms in total. The maximum absolute atomic E-state index is 2.60. The van der Waals surface area contributed by atoms with Gasteiger partial charge in [-0.3, -0.25) is 0 Å². The van der Waals surface area contributed by atoms with E-state index in [0.29, 0.717) is 0 Å². The van der Waals surface area contributed by atoms with Crippen LogP contribution in [0.25, 0.3) is 203 Å². The molecule has 0 atom stereocenters. The van der Waals surface area contributed by atoms with Crippen molar-refractivity contribution in [1.82, 2.24) is 13.2 Å². The van der Waals surface area contributed by atoms with Crippen LogP contribution >= 0.6 is 0 Å². The Kier molecular flexibility index (Phi) is 10.4. The van der Waals surface area contributed by atoms with Crippen LogP contribution in [0, 0.1) is 0 Å². The van der Waals surface area contributed by atoms with E-state index in [9.17, 15) is 0 Å². The maximum atomic E-state index is 2.60. The van der Waals surface area contributed by atoms with Crippen LogP contribution < -0.4 is 0 Å². The van der Waals surface area contributed by atoms with E-state index in [-0.39, 0.29) is 0 Å². The van der Waals surface area contributed by atoms with E-state index in [1.807, 2.05) is 0 Å². The van der Waals surface area contributed by atoms with Crippen LogP contribution in [0.15, 0.2) is 322 Å². The summed E-state index contributed by atoms with van der Waals surface area (Å²) < 4.78 is 7.68. The molecule has 0 aliphatic heterocycles. The molecule has 0 unspecified atom stereocenters. The van der Waals surface area contributed by atoms with Crippen molar-refractivity contribution in [2.24, 2.45) is 0 Å². The molecule has 93 heavy (non-hydrogen) atoms. The van der Waals surface area contributed by atoms with Crippen molar-refractivity contribution < 1.29 is 0 Å². The Morgan fingerprint density at radius 3 is 0.817 bits per heavy atom. The number of aromatic nitrogens is 3. The first-order valence-corrected chi connectivity index (χ1v) is 32.3. The summed E-state index contributed by atoms with van der Waals surface area (Å²) in [5.74, 6) is 0. The molecule has 0 saturated carbocycles. The standard InChI is InChI=1S/C90H53N3/c1-2-21-59-58(20-1)60-22-3-4-26-64(60)68-46-42-54(50-79(68)66-28-9-6-24-62(59)66)55-44-48-85-80(51-55)67-29-10-7-25-63(67)61-23-5-8-27-65(61)73-33-17-37-77-72-47-43-57(53-87(72)93(85)88(73)77)56-45-49-86-81(52-56)78-38-19-36-76-71-32-12-15-40-83(71)91-82-39-14-11-30-69(82)74-34-18-35-75(89(74)91)70-31-13-16-41-84(70)92(86)90(76)78/h1-53H. The molecule has 0 bridgehead atoms. The molecule has 3 heteroatoms. The SMILES string of the molecule is c1ccc2c(c1)-c1ccccc1-c1ccc(-c3ccc4c(c3)c3ccccc3c3ccccc3c3cccc5c6ccc(-c7ccc8c(c7)c7cccc9c%10ccccc%10n%10c%11ccccc%11c%11cccc(c%12ccccc%12n8c97)c%11%10)cc6n4c35)cc1-c1ccccc1-2. The third-order valence-electron chi connectivity index (χ3n) is 20.7. The van der Waals surface area contributed by atoms with Gasteiger partial charge in [0.2, 0.25) is 0 Å². The smallest absolute Gasteiger partial charge is 0.0620 e. The summed E-state index contributed by atoms with van der Waals surface area (Å²) >= 11 is 0. The lowest BCUT2D eigenvalue weighted by atomic mass is 9.80. The van der Waals surface area contributed by atoms with Gasteiger partial charge < -0.3 is 13.2 Å². The van der Waals surface area contributed by atoms with E-state index in [0.717, 1.165) is 27.7 Å². The number of hydrogen-bond acceptors (Lipinski definition) is 0. The van der Waals surface area contributed by atoms with Gasteiger partial charge in [0.15, 0.2) is 0 Å². The molecule has 21 rings (SSSR count). The molecule has 0 radical (unpaired) electrons. The normalized spacial score (nSPS) is 12.3. The first-order chi connectivity index (χ1) is 46.2. The molecule has 0 spiro atoms. The van der Waals surface area contributed by atoms with Crippen molar-refractivity contribution in [3.63, 3.8) is 0 Å². The molecule has 1 aliphatic carbocycles. The zero-order valence-corrected chi connectivity index (χ0v) is 50.4. The number of hydrogen-bond donors (Lipinski definition) is 0. The fourth-order valence-electron chi connectivity index (χ4n) is 16.8. The van der Waals surface area contributed by atoms with Crippen molar-refractivity contribution >= 4 is 136 Å². The molecule has 0 saturated heterocycles. The predicted octanol–water partition coefficient (Wildman–Crippen LogP) is 24.6. The summed E-state index contributed by atoms with van der Waals surface area (Å²) in [7, 11) is 0. The molecule has 5 heterocycles. The van der Waals surface area contributed by atoms with E-state index >= 15 is 0 Å². The molecular weight excluding hydrogens is 1120 g/mol. The Morgan fingerprint density at radius 1 is 0.129 bits per heavy atom. The number of fused-ring (bicyclic) bond motifs is 30. The fraction of sp³-hybridized carbons (Fsp3) is 0. The summed E-state index contributed by atoms with van der Waals surface area (Å²) in [5, 5.41) is 19.4. The quantitative estimate of drug-likeness (QED) is 0.164. The van der Waals surface area contributed by atoms with Crippen molar-refractivity contribution in [2.45, 2.75) is 0 Å². The van der Waals surface area contributed by atoms with Gasteiger partial charge in [-0.2, -0.15) is 0 Å². The summed E-state index contributed by atoms with van der Waals surface area (Å²) in [6.45, 7) is 0. The Bertz CT molecular complexity index is 6800. The van der Waals surface area contributed by atoms with E-state index in [2.05, 4.69) is 335 Å². The minimum atomic E-state index is 1.14. The van der Waals surface area contributed by atoms with Crippen LogP contribution in [-0.4, -0.2) is 13.2 Å². The Labute approximate surface area is 534 Å². The highest BCUT2D eigenvalue weighted by Crippen LogP contribution is 2.50. The number of benzene rings is 15. The van der Waals surface area contributed by atoms with E-state index in [1.165, 1.54) is 175 Å². The van der Waals surface area contributed by atoms with Crippen LogP contribution in [0.1, 0.15) is 0 Å². The van der Waals surface area contributed by atoms with E-state index in [1.54, 1.807) is 0 Å². The lowest BCUT2D eigenvalue weighted by molar-refractivity contribution is 1.34. The zero-order valence-electron chi connectivity index (χ0n) is 50.4. The molecule has 428 valence electrons. The lowest BCUT2D eigenvalue weighted by Gasteiger charge is -2.23. The van der Waals surface area contributed by atoms with Crippen molar-refractivity contribution in [2.75, 3.05) is 0 Å². The maximum Gasteiger partial charge on any atom is 0.0620 e. The van der Waals surface area contributed by atoms with Gasteiger partial charge in [-0.25, -0.2) is 0 Å². The highest BCUT2D eigenvalue weighted by atomic mass is 14.9. The first-order valence-electron chi connectivity index (χ1n) is 32.3. The zero-order chi connectivity index (χ0) is 60.6. The second-order valence-electron chi connectivity index (χ2n) is 25.3. The van der Waals surface area contributed by atoms with Gasteiger partial charge in [-0.1, -0.05) is 267 Å². The molecule has 0 fully saturated rings. The average Bonchev–Trinajstić information content (AvgIpc) is 1.58. The number of para-hydroxylation sites is 6. The summed E-state index contributed by atoms with van der Waals surface area (Å²) in [5.41, 5.74) is 25.2. The van der Waals surface area contributed by atoms with Crippen LogP contribution in [0.2, 0.25) is 0 Å². The number of nitrogens with zero attached hydrogens (tertiary/aromatic N) is 3. The van der Waals surface area contributed by atoms with Crippen LogP contribution in [0.3, 0.4) is 0 Å². The molecule has 5 aromatic heterocycles. The summed E-state index contributed by atoms with van der Waals surface area (Å²) in [4.78, 5) is 0. The second kappa shape index (κ2) is 19.1. The highest BCUT2D eigenvalue weighted by Gasteiger charge is 2.25. The van der Waals surface area contributed by atoms with Crippen LogP contribution in [0.4, 0.5) is 0 Å². The van der Waals surface area contributed by atoms with Gasteiger partial charge >= 0.3 is 0 Å². The fourth-order valence-corrected chi connectivity index (χ4v) is 16.8. The third-order valence-corrected chi connectivity index (χ3v) is 20.7. The van der Waals surface area contributed by atoms with Crippen LogP contribution in [0.5, 0.6) is 0 Å². The predicted molar refractivity (Wildman–Crippen MR) is 396 cm³/mol. The largest absolute Gasteiger partial charge is 0.308 e. The topological polar surface area (TPSA) is 13.2 Å². The van der Waals surface area contributed by atoms with Gasteiger partial charge in [0.05, 0.1) is 49.7 Å². The Hall–Kier alpha value is -12.3. The molecule has 0 amide bonds. The average molecular weight is 1180 g/mol. The Balaban J connectivity index is 0.838. The molecule has 1 aliphatic rings. The highest BCUT2D eigenvalue weighted by molar-refractivity contribution is 6.28. The van der Waals surface area contributed by atoms with Crippen molar-refractivity contribution in [1.29, 1.82) is 0 Å². The monoisotopic (exact) mass is 1180 g/mol. The van der Waals surface area contributed by atoms with E-state index in [4.69, 9.17) is 0 Å². The van der Waals surface area contributed by atoms with Crippen molar-refractivity contribution in [3.8, 4) is 66.8 Å². The minimum absolute atomic E-state index is 1.14. The summed E-state index contributed by atoms with van der Waals surface area (Å²) in [6, 6.07) is 121. The van der Waals surface area contributed by atoms with Gasteiger partial charge in [-0.05, 0) is 143 Å². The summed E-state index contributed by atoms with van der Waals surface area (Å²) in [6.07, 6.45) is 0. The van der Waals surface area contributed by atoms with Gasteiger partial charge in [0.25, 0.3) is 0 Å². The molecular formula is C90H53N3. The number of rotatable bonds is 2. The van der Waals surface area contributed by atoms with E-state index < -0.39 is 0 Å². The first kappa shape index (κ1) is 50.6. The van der Waals surface area contributed by atoms with Gasteiger partial charge in [0, 0.05) is 64.6 Å². The second-order valence-corrected chi connectivity index (χ2v) is 25.3. The minimum Gasteiger partial charge on any atom is -0.308 e. The van der Waals surface area contributed by atoms with Gasteiger partial charge in [0.1, 0.15) is 0 Å². The van der Waals surface area contributed by atoms with Crippen LogP contribution in [-0.2, 0) is 0 Å². The van der Waals surface area contributed by atoms with Gasteiger partial charge in [-0.15, -0.1) is 0 Å². The molecule has 15 aromatic carbocycles. The van der Waals surface area contributed by atoms with Crippen molar-refractivity contribution in [3.05, 3.63) is 322 Å². The molecule has 20 aromatic rings. The molecule has 0 N–H and O–H groups in total. The third kappa shape index (κ3) is 7.03. The Morgan fingerprint density at radius 2 is 0.376 bits per heavy atom.